The molecular weight excluding hydrogens is 256 g/mol. The van der Waals surface area contributed by atoms with E-state index in [2.05, 4.69) is 9.72 Å². The molecule has 6 heteroatoms. The molecule has 98 valence electrons. The van der Waals surface area contributed by atoms with Crippen LogP contribution in [-0.4, -0.2) is 23.8 Å². The highest BCUT2D eigenvalue weighted by Gasteiger charge is 2.19. The Bertz CT molecular complexity index is 649. The first kappa shape index (κ1) is 12.9. The minimum absolute atomic E-state index is 0.0462. The van der Waals surface area contributed by atoms with Crippen LogP contribution in [0.1, 0.15) is 26.4 Å². The molecule has 1 heterocycles. The van der Waals surface area contributed by atoms with Gasteiger partial charge in [0.1, 0.15) is 5.69 Å². The maximum atomic E-state index is 13.5. The van der Waals surface area contributed by atoms with Gasteiger partial charge in [-0.05, 0) is 18.2 Å². The van der Waals surface area contributed by atoms with Crippen molar-refractivity contribution in [1.82, 2.24) is 4.98 Å². The van der Waals surface area contributed by atoms with E-state index in [-0.39, 0.29) is 11.3 Å². The van der Waals surface area contributed by atoms with Crippen molar-refractivity contribution in [1.29, 1.82) is 0 Å². The zero-order chi connectivity index (χ0) is 14.0. The third kappa shape index (κ3) is 2.37. The third-order valence-corrected chi connectivity index (χ3v) is 2.55. The first-order chi connectivity index (χ1) is 9.04. The summed E-state index contributed by atoms with van der Waals surface area (Å²) >= 11 is 0. The molecule has 0 aliphatic heterocycles. The zero-order valence-corrected chi connectivity index (χ0v) is 9.87. The van der Waals surface area contributed by atoms with E-state index in [0.29, 0.717) is 0 Å². The van der Waals surface area contributed by atoms with Gasteiger partial charge in [-0.1, -0.05) is 6.07 Å². The first-order valence-electron chi connectivity index (χ1n) is 5.30. The largest absolute Gasteiger partial charge is 0.464 e. The molecule has 4 nitrogen and oxygen atoms in total. The van der Waals surface area contributed by atoms with Crippen LogP contribution in [-0.2, 0) is 4.74 Å². The summed E-state index contributed by atoms with van der Waals surface area (Å²) in [4.78, 5) is 25.7. The Hall–Kier alpha value is -2.50. The summed E-state index contributed by atoms with van der Waals surface area (Å²) in [6.45, 7) is 0. The molecule has 0 atom stereocenters. The van der Waals surface area contributed by atoms with E-state index in [9.17, 15) is 18.4 Å². The molecule has 0 saturated carbocycles. The molecule has 1 aromatic heterocycles. The van der Waals surface area contributed by atoms with Gasteiger partial charge in [0.05, 0.1) is 12.7 Å². The molecular formula is C13H9F2NO3. The lowest BCUT2D eigenvalue weighted by Crippen LogP contribution is -2.05. The van der Waals surface area contributed by atoms with Crippen molar-refractivity contribution in [2.75, 3.05) is 7.11 Å². The molecule has 0 saturated heterocycles. The Morgan fingerprint density at radius 1 is 1.26 bits per heavy atom. The van der Waals surface area contributed by atoms with E-state index in [1.807, 2.05) is 0 Å². The van der Waals surface area contributed by atoms with Crippen molar-refractivity contribution in [3.8, 4) is 0 Å². The first-order valence-corrected chi connectivity index (χ1v) is 5.30. The fourth-order valence-corrected chi connectivity index (χ4v) is 1.59. The maximum Gasteiger partial charge on any atom is 0.354 e. The summed E-state index contributed by atoms with van der Waals surface area (Å²) in [7, 11) is 1.19. The number of carbonyl (C=O) groups is 2. The molecule has 0 unspecified atom stereocenters. The van der Waals surface area contributed by atoms with Gasteiger partial charge in [-0.3, -0.25) is 4.79 Å². The molecule has 2 rings (SSSR count). The lowest BCUT2D eigenvalue weighted by molar-refractivity contribution is 0.0595. The Kier molecular flexibility index (Phi) is 3.41. The molecule has 2 aromatic rings. The van der Waals surface area contributed by atoms with Crippen molar-refractivity contribution >= 4 is 11.8 Å². The molecule has 0 spiro atoms. The minimum Gasteiger partial charge on any atom is -0.464 e. The van der Waals surface area contributed by atoms with E-state index in [0.717, 1.165) is 6.07 Å². The molecule has 0 aliphatic carbocycles. The van der Waals surface area contributed by atoms with Crippen LogP contribution in [0.2, 0.25) is 0 Å². The minimum atomic E-state index is -1.21. The van der Waals surface area contributed by atoms with Crippen molar-refractivity contribution in [2.24, 2.45) is 0 Å². The highest BCUT2D eigenvalue weighted by molar-refractivity contribution is 6.10. The normalized spacial score (nSPS) is 10.3. The number of rotatable bonds is 3. The maximum absolute atomic E-state index is 13.5. The summed E-state index contributed by atoms with van der Waals surface area (Å²) in [5, 5.41) is 0. The number of nitrogens with one attached hydrogen (secondary N) is 1. The van der Waals surface area contributed by atoms with Crippen molar-refractivity contribution in [3.63, 3.8) is 0 Å². The number of carbonyl (C=O) groups excluding carboxylic acids is 2. The van der Waals surface area contributed by atoms with Gasteiger partial charge in [0, 0.05) is 11.8 Å². The van der Waals surface area contributed by atoms with Crippen LogP contribution in [0.15, 0.2) is 30.5 Å². The molecule has 0 aliphatic rings. The second-order valence-corrected chi connectivity index (χ2v) is 3.72. The van der Waals surface area contributed by atoms with E-state index in [4.69, 9.17) is 0 Å². The smallest absolute Gasteiger partial charge is 0.354 e. The number of methoxy groups -OCH3 is 1. The SMILES string of the molecule is COC(=O)c1cc(C(=O)c2cccc(F)c2F)c[nH]1. The number of aromatic amines is 1. The lowest BCUT2D eigenvalue weighted by Gasteiger charge is -2.00. The molecule has 1 aromatic carbocycles. The molecule has 0 bridgehead atoms. The Morgan fingerprint density at radius 2 is 2.00 bits per heavy atom. The van der Waals surface area contributed by atoms with Crippen LogP contribution in [0, 0.1) is 11.6 Å². The predicted molar refractivity (Wildman–Crippen MR) is 61.9 cm³/mol. The zero-order valence-electron chi connectivity index (χ0n) is 9.87. The fourth-order valence-electron chi connectivity index (χ4n) is 1.59. The second kappa shape index (κ2) is 5.01. The highest BCUT2D eigenvalue weighted by Crippen LogP contribution is 2.17. The molecule has 0 amide bonds. The predicted octanol–water partition coefficient (Wildman–Crippen LogP) is 2.31. The summed E-state index contributed by atoms with van der Waals surface area (Å²) in [6, 6.07) is 4.55. The third-order valence-electron chi connectivity index (χ3n) is 2.55. The van der Waals surface area contributed by atoms with Crippen molar-refractivity contribution in [3.05, 3.63) is 58.9 Å². The molecule has 0 fully saturated rings. The quantitative estimate of drug-likeness (QED) is 0.684. The summed E-state index contributed by atoms with van der Waals surface area (Å²) in [6.07, 6.45) is 1.24. The van der Waals surface area contributed by atoms with Gasteiger partial charge in [0.15, 0.2) is 17.4 Å². The van der Waals surface area contributed by atoms with Crippen molar-refractivity contribution in [2.45, 2.75) is 0 Å². The van der Waals surface area contributed by atoms with Crippen molar-refractivity contribution < 1.29 is 23.1 Å². The Labute approximate surface area is 107 Å². The van der Waals surface area contributed by atoms with Crippen LogP contribution in [0.5, 0.6) is 0 Å². The number of aromatic nitrogens is 1. The summed E-state index contributed by atoms with van der Waals surface area (Å²) in [5.41, 5.74) is -0.289. The molecule has 1 N–H and O–H groups in total. The lowest BCUT2D eigenvalue weighted by atomic mass is 10.1. The van der Waals surface area contributed by atoms with Gasteiger partial charge in [0.2, 0.25) is 0 Å². The average molecular weight is 265 g/mol. The summed E-state index contributed by atoms with van der Waals surface area (Å²) < 4.78 is 31.0. The van der Waals surface area contributed by atoms with E-state index in [1.54, 1.807) is 0 Å². The average Bonchev–Trinajstić information content (AvgIpc) is 2.90. The van der Waals surface area contributed by atoms with E-state index >= 15 is 0 Å². The number of esters is 1. The topological polar surface area (TPSA) is 59.2 Å². The number of hydrogen-bond donors (Lipinski definition) is 1. The van der Waals surface area contributed by atoms with Gasteiger partial charge in [-0.25, -0.2) is 13.6 Å². The number of ether oxygens (including phenoxy) is 1. The van der Waals surface area contributed by atoms with Gasteiger partial charge in [0.25, 0.3) is 0 Å². The Balaban J connectivity index is 2.37. The molecule has 0 radical (unpaired) electrons. The van der Waals surface area contributed by atoms with E-state index < -0.39 is 29.0 Å². The van der Waals surface area contributed by atoms with Crippen LogP contribution in [0.3, 0.4) is 0 Å². The van der Waals surface area contributed by atoms with Crippen LogP contribution in [0.25, 0.3) is 0 Å². The van der Waals surface area contributed by atoms with Gasteiger partial charge in [-0.15, -0.1) is 0 Å². The van der Waals surface area contributed by atoms with Crippen LogP contribution >= 0.6 is 0 Å². The van der Waals surface area contributed by atoms with Gasteiger partial charge >= 0.3 is 5.97 Å². The standard InChI is InChI=1S/C13H9F2NO3/c1-19-13(18)10-5-7(6-16-10)12(17)8-3-2-4-9(14)11(8)15/h2-6,16H,1H3. The number of benzene rings is 1. The van der Waals surface area contributed by atoms with E-state index in [1.165, 1.54) is 31.5 Å². The highest BCUT2D eigenvalue weighted by atomic mass is 19.2. The molecule has 19 heavy (non-hydrogen) atoms. The summed E-state index contributed by atoms with van der Waals surface area (Å²) in [5.74, 6) is -3.69. The Morgan fingerprint density at radius 3 is 2.68 bits per heavy atom. The number of H-pyrrole nitrogens is 1. The number of ketones is 1. The number of hydrogen-bond acceptors (Lipinski definition) is 3. The monoisotopic (exact) mass is 265 g/mol. The fraction of sp³-hybridized carbons (Fsp3) is 0.0769. The van der Waals surface area contributed by atoms with Gasteiger partial charge < -0.3 is 9.72 Å². The second-order valence-electron chi connectivity index (χ2n) is 3.72. The van der Waals surface area contributed by atoms with Gasteiger partial charge in [-0.2, -0.15) is 0 Å². The van der Waals surface area contributed by atoms with Crippen LogP contribution < -0.4 is 0 Å². The number of halogens is 2. The van der Waals surface area contributed by atoms with Crippen LogP contribution in [0.4, 0.5) is 8.78 Å².